The van der Waals surface area contributed by atoms with Crippen LogP contribution in [-0.4, -0.2) is 5.11 Å². The first-order valence-corrected chi connectivity index (χ1v) is 7.40. The Balaban J connectivity index is 2.18. The first-order chi connectivity index (χ1) is 8.56. The summed E-state index contributed by atoms with van der Waals surface area (Å²) >= 11 is 12.8. The summed E-state index contributed by atoms with van der Waals surface area (Å²) in [4.78, 5) is 0. The Kier molecular flexibility index (Phi) is 4.84. The Morgan fingerprint density at radius 3 is 2.39 bits per heavy atom. The fourth-order valence-electron chi connectivity index (χ4n) is 1.72. The smallest absolute Gasteiger partial charge is 0.0841 e. The second-order valence-electron chi connectivity index (χ2n) is 4.01. The highest BCUT2D eigenvalue weighted by molar-refractivity contribution is 9.10. The molecule has 0 aliphatic heterocycles. The van der Waals surface area contributed by atoms with Crippen LogP contribution in [0.4, 0.5) is 0 Å². The molecule has 2 rings (SSSR count). The third-order valence-corrected chi connectivity index (χ3v) is 4.15. The van der Waals surface area contributed by atoms with E-state index in [-0.39, 0.29) is 0 Å². The lowest BCUT2D eigenvalue weighted by molar-refractivity contribution is 0.177. The SMILES string of the molecule is OC(Cc1ccc(Br)cc1)c1cc(Cl)ccc1Br. The van der Waals surface area contributed by atoms with E-state index in [1.165, 1.54) is 0 Å². The van der Waals surface area contributed by atoms with E-state index in [4.69, 9.17) is 11.6 Å². The van der Waals surface area contributed by atoms with Crippen LogP contribution in [0.25, 0.3) is 0 Å². The van der Waals surface area contributed by atoms with Gasteiger partial charge in [-0.15, -0.1) is 0 Å². The highest BCUT2D eigenvalue weighted by Crippen LogP contribution is 2.29. The third-order valence-electron chi connectivity index (χ3n) is 2.66. The molecule has 1 atom stereocenters. The van der Waals surface area contributed by atoms with Gasteiger partial charge in [0, 0.05) is 20.4 Å². The Hall–Kier alpha value is -0.350. The maximum absolute atomic E-state index is 10.2. The first-order valence-electron chi connectivity index (χ1n) is 5.44. The van der Waals surface area contributed by atoms with Gasteiger partial charge in [0.25, 0.3) is 0 Å². The molecule has 0 aliphatic carbocycles. The summed E-state index contributed by atoms with van der Waals surface area (Å²) in [6, 6.07) is 13.3. The highest BCUT2D eigenvalue weighted by Gasteiger charge is 2.12. The van der Waals surface area contributed by atoms with Gasteiger partial charge in [0.15, 0.2) is 0 Å². The van der Waals surface area contributed by atoms with Crippen LogP contribution in [0.1, 0.15) is 17.2 Å². The molecule has 0 aliphatic rings. The Morgan fingerprint density at radius 1 is 1.06 bits per heavy atom. The molecule has 0 heterocycles. The van der Waals surface area contributed by atoms with Crippen molar-refractivity contribution in [1.29, 1.82) is 0 Å². The van der Waals surface area contributed by atoms with Crippen molar-refractivity contribution in [3.8, 4) is 0 Å². The molecule has 94 valence electrons. The molecule has 4 heteroatoms. The third kappa shape index (κ3) is 3.58. The van der Waals surface area contributed by atoms with Crippen molar-refractivity contribution in [2.45, 2.75) is 12.5 Å². The molecule has 0 saturated heterocycles. The number of aliphatic hydroxyl groups is 1. The average Bonchev–Trinajstić information content (AvgIpc) is 2.35. The summed E-state index contributed by atoms with van der Waals surface area (Å²) in [6.07, 6.45) is -0.00841. The van der Waals surface area contributed by atoms with E-state index >= 15 is 0 Å². The Labute approximate surface area is 128 Å². The molecule has 1 N–H and O–H groups in total. The molecule has 18 heavy (non-hydrogen) atoms. The predicted molar refractivity (Wildman–Crippen MR) is 82.0 cm³/mol. The molecule has 0 radical (unpaired) electrons. The van der Waals surface area contributed by atoms with E-state index in [0.717, 1.165) is 20.1 Å². The van der Waals surface area contributed by atoms with Crippen LogP contribution in [0.15, 0.2) is 51.4 Å². The van der Waals surface area contributed by atoms with E-state index in [2.05, 4.69) is 31.9 Å². The summed E-state index contributed by atoms with van der Waals surface area (Å²) in [7, 11) is 0. The Morgan fingerprint density at radius 2 is 1.72 bits per heavy atom. The second kappa shape index (κ2) is 6.20. The van der Waals surface area contributed by atoms with Gasteiger partial charge in [0.05, 0.1) is 6.10 Å². The van der Waals surface area contributed by atoms with Gasteiger partial charge in [-0.3, -0.25) is 0 Å². The van der Waals surface area contributed by atoms with E-state index in [9.17, 15) is 5.11 Å². The van der Waals surface area contributed by atoms with Crippen molar-refractivity contribution < 1.29 is 5.11 Å². The van der Waals surface area contributed by atoms with Crippen LogP contribution < -0.4 is 0 Å². The van der Waals surface area contributed by atoms with Gasteiger partial charge in [-0.25, -0.2) is 0 Å². The van der Waals surface area contributed by atoms with Gasteiger partial charge < -0.3 is 5.11 Å². The van der Waals surface area contributed by atoms with Crippen LogP contribution in [-0.2, 0) is 6.42 Å². The summed E-state index contributed by atoms with van der Waals surface area (Å²) in [5.41, 5.74) is 1.89. The minimum atomic E-state index is -0.570. The lowest BCUT2D eigenvalue weighted by Gasteiger charge is -2.13. The molecule has 0 bridgehead atoms. The molecule has 0 fully saturated rings. The number of benzene rings is 2. The molecule has 1 unspecified atom stereocenters. The minimum Gasteiger partial charge on any atom is -0.388 e. The number of aliphatic hydroxyl groups excluding tert-OH is 1. The number of hydrogen-bond acceptors (Lipinski definition) is 1. The summed E-state index contributed by atoms with van der Waals surface area (Å²) in [5.74, 6) is 0. The molecular weight excluding hydrogens is 379 g/mol. The van der Waals surface area contributed by atoms with Crippen molar-refractivity contribution in [3.05, 3.63) is 67.6 Å². The van der Waals surface area contributed by atoms with Crippen molar-refractivity contribution in [2.24, 2.45) is 0 Å². The largest absolute Gasteiger partial charge is 0.388 e. The van der Waals surface area contributed by atoms with Crippen LogP contribution in [0.3, 0.4) is 0 Å². The monoisotopic (exact) mass is 388 g/mol. The molecule has 0 aromatic heterocycles. The lowest BCUT2D eigenvalue weighted by atomic mass is 10.0. The zero-order valence-corrected chi connectivity index (χ0v) is 13.3. The van der Waals surface area contributed by atoms with Crippen LogP contribution >= 0.6 is 43.5 Å². The highest BCUT2D eigenvalue weighted by atomic mass is 79.9. The quantitative estimate of drug-likeness (QED) is 0.769. The molecular formula is C14H11Br2ClO. The van der Waals surface area contributed by atoms with Crippen LogP contribution in [0.5, 0.6) is 0 Å². The van der Waals surface area contributed by atoms with Crippen molar-refractivity contribution in [3.63, 3.8) is 0 Å². The van der Waals surface area contributed by atoms with Gasteiger partial charge in [-0.05, 0) is 41.5 Å². The summed E-state index contributed by atoms with van der Waals surface area (Å²) in [5, 5.41) is 10.9. The summed E-state index contributed by atoms with van der Waals surface area (Å²) in [6.45, 7) is 0. The molecule has 1 nitrogen and oxygen atoms in total. The van der Waals surface area contributed by atoms with Crippen molar-refractivity contribution >= 4 is 43.5 Å². The topological polar surface area (TPSA) is 20.2 Å². The second-order valence-corrected chi connectivity index (χ2v) is 6.22. The standard InChI is InChI=1S/C14H11Br2ClO/c15-10-3-1-9(2-4-10)7-14(18)12-8-11(17)5-6-13(12)16/h1-6,8,14,18H,7H2. The molecule has 0 amide bonds. The van der Waals surface area contributed by atoms with Gasteiger partial charge in [-0.1, -0.05) is 55.6 Å². The summed E-state index contributed by atoms with van der Waals surface area (Å²) < 4.78 is 1.90. The minimum absolute atomic E-state index is 0.562. The number of rotatable bonds is 3. The fraction of sp³-hybridized carbons (Fsp3) is 0.143. The molecule has 0 spiro atoms. The number of hydrogen-bond donors (Lipinski definition) is 1. The van der Waals surface area contributed by atoms with Crippen molar-refractivity contribution in [2.75, 3.05) is 0 Å². The van der Waals surface area contributed by atoms with E-state index in [1.807, 2.05) is 30.3 Å². The Bertz CT molecular complexity index is 540. The number of halogens is 3. The zero-order chi connectivity index (χ0) is 13.1. The van der Waals surface area contributed by atoms with E-state index < -0.39 is 6.10 Å². The van der Waals surface area contributed by atoms with Crippen molar-refractivity contribution in [1.82, 2.24) is 0 Å². The molecule has 2 aromatic carbocycles. The molecule has 0 saturated carbocycles. The molecule has 2 aromatic rings. The maximum atomic E-state index is 10.2. The van der Waals surface area contributed by atoms with E-state index in [1.54, 1.807) is 12.1 Å². The van der Waals surface area contributed by atoms with Gasteiger partial charge in [-0.2, -0.15) is 0 Å². The van der Waals surface area contributed by atoms with Crippen LogP contribution in [0.2, 0.25) is 5.02 Å². The van der Waals surface area contributed by atoms with E-state index in [0.29, 0.717) is 11.4 Å². The fourth-order valence-corrected chi connectivity index (χ4v) is 2.68. The zero-order valence-electron chi connectivity index (χ0n) is 9.41. The normalized spacial score (nSPS) is 12.4. The predicted octanol–water partition coefficient (Wildman–Crippen LogP) is 5.14. The average molecular weight is 391 g/mol. The lowest BCUT2D eigenvalue weighted by Crippen LogP contribution is -2.02. The van der Waals surface area contributed by atoms with Gasteiger partial charge >= 0.3 is 0 Å². The van der Waals surface area contributed by atoms with Gasteiger partial charge in [0.1, 0.15) is 0 Å². The first kappa shape index (κ1) is 14.1. The van der Waals surface area contributed by atoms with Gasteiger partial charge in [0.2, 0.25) is 0 Å². The maximum Gasteiger partial charge on any atom is 0.0841 e. The van der Waals surface area contributed by atoms with Crippen LogP contribution in [0, 0.1) is 0 Å².